The first-order chi connectivity index (χ1) is 4.06. The molecule has 0 aliphatic heterocycles. The van der Waals surface area contributed by atoms with Crippen LogP contribution in [0.25, 0.3) is 0 Å². The van der Waals surface area contributed by atoms with E-state index in [1.807, 2.05) is 0 Å². The SMILES string of the molecule is CC(CO)(CO)C([NH])=O. The van der Waals surface area contributed by atoms with E-state index < -0.39 is 24.5 Å². The molecule has 4 nitrogen and oxygen atoms in total. The maximum absolute atomic E-state index is 10.3. The van der Waals surface area contributed by atoms with Crippen molar-refractivity contribution in [2.45, 2.75) is 6.92 Å². The first-order valence-electron chi connectivity index (χ1n) is 2.54. The summed E-state index contributed by atoms with van der Waals surface area (Å²) in [5.41, 5.74) is 5.30. The van der Waals surface area contributed by atoms with Crippen molar-refractivity contribution in [3.63, 3.8) is 0 Å². The Morgan fingerprint density at radius 1 is 1.56 bits per heavy atom. The Morgan fingerprint density at radius 2 is 1.89 bits per heavy atom. The molecular formula is C5H10NO3. The van der Waals surface area contributed by atoms with Crippen molar-refractivity contribution in [2.24, 2.45) is 5.41 Å². The molecule has 0 aromatic rings. The Labute approximate surface area is 53.3 Å². The number of carbonyl (C=O) groups excluding carboxylic acids is 1. The van der Waals surface area contributed by atoms with Crippen LogP contribution in [0.5, 0.6) is 0 Å². The lowest BCUT2D eigenvalue weighted by Gasteiger charge is -2.18. The minimum Gasteiger partial charge on any atom is -0.395 e. The number of aliphatic hydroxyl groups is 2. The lowest BCUT2D eigenvalue weighted by molar-refractivity contribution is -0.132. The first kappa shape index (κ1) is 8.39. The molecule has 0 aliphatic rings. The number of hydrogen-bond acceptors (Lipinski definition) is 3. The third-order valence-corrected chi connectivity index (χ3v) is 1.25. The van der Waals surface area contributed by atoms with Gasteiger partial charge < -0.3 is 10.2 Å². The predicted molar refractivity (Wildman–Crippen MR) is 30.4 cm³/mol. The summed E-state index contributed by atoms with van der Waals surface area (Å²) in [7, 11) is 0. The lowest BCUT2D eigenvalue weighted by Crippen LogP contribution is -2.36. The van der Waals surface area contributed by atoms with E-state index in [-0.39, 0.29) is 0 Å². The van der Waals surface area contributed by atoms with E-state index in [1.165, 1.54) is 6.92 Å². The molecule has 0 heterocycles. The van der Waals surface area contributed by atoms with Gasteiger partial charge in [0.1, 0.15) is 0 Å². The summed E-state index contributed by atoms with van der Waals surface area (Å²) in [4.78, 5) is 10.3. The van der Waals surface area contributed by atoms with Gasteiger partial charge in [-0.15, -0.1) is 0 Å². The van der Waals surface area contributed by atoms with Gasteiger partial charge in [0.15, 0.2) is 0 Å². The van der Waals surface area contributed by atoms with Crippen LogP contribution in [0, 0.1) is 5.41 Å². The fourth-order valence-corrected chi connectivity index (χ4v) is 0.194. The molecule has 4 heteroatoms. The van der Waals surface area contributed by atoms with Gasteiger partial charge in [-0.1, -0.05) is 0 Å². The van der Waals surface area contributed by atoms with Gasteiger partial charge in [0.25, 0.3) is 0 Å². The van der Waals surface area contributed by atoms with Gasteiger partial charge in [0.2, 0.25) is 5.91 Å². The standard InChI is InChI=1S/C5H10NO3/c1-5(2-7,3-8)4(6)9/h6-8H,2-3H2,1H3. The Hall–Kier alpha value is -0.610. The predicted octanol–water partition coefficient (Wildman–Crippen LogP) is -1.21. The van der Waals surface area contributed by atoms with Crippen LogP contribution in [0.1, 0.15) is 6.92 Å². The minimum absolute atomic E-state index is 0.480. The van der Waals surface area contributed by atoms with Crippen molar-refractivity contribution in [2.75, 3.05) is 13.2 Å². The monoisotopic (exact) mass is 132 g/mol. The van der Waals surface area contributed by atoms with Crippen LogP contribution in [0.3, 0.4) is 0 Å². The third kappa shape index (κ3) is 1.65. The zero-order valence-corrected chi connectivity index (χ0v) is 5.22. The van der Waals surface area contributed by atoms with Crippen molar-refractivity contribution in [3.8, 4) is 0 Å². The van der Waals surface area contributed by atoms with Crippen molar-refractivity contribution in [3.05, 3.63) is 0 Å². The Morgan fingerprint density at radius 3 is 1.89 bits per heavy atom. The summed E-state index contributed by atoms with van der Waals surface area (Å²) in [6, 6.07) is 0. The van der Waals surface area contributed by atoms with Crippen LogP contribution < -0.4 is 5.73 Å². The molecule has 1 radical (unpaired) electrons. The van der Waals surface area contributed by atoms with E-state index in [2.05, 4.69) is 0 Å². The van der Waals surface area contributed by atoms with Crippen LogP contribution in [-0.2, 0) is 4.79 Å². The van der Waals surface area contributed by atoms with Crippen LogP contribution in [0.4, 0.5) is 0 Å². The number of hydrogen-bond donors (Lipinski definition) is 2. The van der Waals surface area contributed by atoms with Gasteiger partial charge in [0, 0.05) is 0 Å². The second kappa shape index (κ2) is 2.80. The molecule has 0 aliphatic carbocycles. The van der Waals surface area contributed by atoms with E-state index in [9.17, 15) is 4.79 Å². The van der Waals surface area contributed by atoms with Crippen LogP contribution in [0.15, 0.2) is 0 Å². The smallest absolute Gasteiger partial charge is 0.248 e. The summed E-state index contributed by atoms with van der Waals surface area (Å²) in [5.74, 6) is -0.937. The Kier molecular flexibility index (Phi) is 2.61. The highest BCUT2D eigenvalue weighted by Gasteiger charge is 2.29. The first-order valence-corrected chi connectivity index (χ1v) is 2.54. The van der Waals surface area contributed by atoms with Crippen molar-refractivity contribution in [1.29, 1.82) is 0 Å². The topological polar surface area (TPSA) is 81.3 Å². The Balaban J connectivity index is 4.09. The number of nitrogens with one attached hydrogen (secondary N) is 1. The van der Waals surface area contributed by atoms with E-state index >= 15 is 0 Å². The van der Waals surface area contributed by atoms with E-state index in [0.717, 1.165) is 0 Å². The molecule has 0 unspecified atom stereocenters. The molecule has 0 saturated carbocycles. The second-order valence-corrected chi connectivity index (χ2v) is 2.21. The molecule has 0 fully saturated rings. The van der Waals surface area contributed by atoms with E-state index in [1.54, 1.807) is 0 Å². The largest absolute Gasteiger partial charge is 0.395 e. The third-order valence-electron chi connectivity index (χ3n) is 1.25. The average molecular weight is 132 g/mol. The highest BCUT2D eigenvalue weighted by Crippen LogP contribution is 2.12. The van der Waals surface area contributed by atoms with Crippen LogP contribution in [0.2, 0.25) is 0 Å². The fraction of sp³-hybridized carbons (Fsp3) is 0.800. The summed E-state index contributed by atoms with van der Waals surface area (Å²) in [6.45, 7) is 0.375. The average Bonchev–Trinajstić information content (AvgIpc) is 1.86. The molecule has 0 bridgehead atoms. The summed E-state index contributed by atoms with van der Waals surface area (Å²) in [5, 5.41) is 16.9. The number of aliphatic hydroxyl groups excluding tert-OH is 2. The molecule has 0 spiro atoms. The number of rotatable bonds is 3. The van der Waals surface area contributed by atoms with Crippen LogP contribution >= 0.6 is 0 Å². The minimum atomic E-state index is -1.28. The maximum atomic E-state index is 10.3. The highest BCUT2D eigenvalue weighted by molar-refractivity contribution is 5.79. The van der Waals surface area contributed by atoms with Crippen LogP contribution in [-0.4, -0.2) is 29.3 Å². The molecule has 0 aromatic carbocycles. The molecular weight excluding hydrogens is 122 g/mol. The fourth-order valence-electron chi connectivity index (χ4n) is 0.194. The quantitative estimate of drug-likeness (QED) is 0.505. The van der Waals surface area contributed by atoms with Gasteiger partial charge >= 0.3 is 0 Å². The molecule has 0 atom stereocenters. The maximum Gasteiger partial charge on any atom is 0.248 e. The van der Waals surface area contributed by atoms with Crippen molar-refractivity contribution < 1.29 is 15.0 Å². The molecule has 0 rings (SSSR count). The number of amides is 1. The molecule has 0 saturated heterocycles. The normalized spacial score (nSPS) is 11.4. The molecule has 3 N–H and O–H groups in total. The van der Waals surface area contributed by atoms with E-state index in [0.29, 0.717) is 0 Å². The van der Waals surface area contributed by atoms with Crippen molar-refractivity contribution >= 4 is 5.91 Å². The summed E-state index contributed by atoms with van der Waals surface area (Å²) >= 11 is 0. The molecule has 0 aromatic heterocycles. The highest BCUT2D eigenvalue weighted by atomic mass is 16.3. The van der Waals surface area contributed by atoms with E-state index in [4.69, 9.17) is 15.9 Å². The zero-order chi connectivity index (χ0) is 7.49. The molecule has 53 valence electrons. The van der Waals surface area contributed by atoms with Gasteiger partial charge in [-0.05, 0) is 6.92 Å². The van der Waals surface area contributed by atoms with Gasteiger partial charge in [0.05, 0.1) is 18.6 Å². The Bertz CT molecular complexity index is 109. The van der Waals surface area contributed by atoms with Gasteiger partial charge in [-0.3, -0.25) is 10.5 Å². The summed E-state index contributed by atoms with van der Waals surface area (Å²) in [6.07, 6.45) is 0. The number of carbonyl (C=O) groups is 1. The van der Waals surface area contributed by atoms with Gasteiger partial charge in [-0.25, -0.2) is 0 Å². The molecule has 9 heavy (non-hydrogen) atoms. The lowest BCUT2D eigenvalue weighted by atomic mass is 9.93. The second-order valence-electron chi connectivity index (χ2n) is 2.21. The summed E-state index contributed by atoms with van der Waals surface area (Å²) < 4.78 is 0. The van der Waals surface area contributed by atoms with Gasteiger partial charge in [-0.2, -0.15) is 0 Å². The zero-order valence-electron chi connectivity index (χ0n) is 5.22. The van der Waals surface area contributed by atoms with Crippen molar-refractivity contribution in [1.82, 2.24) is 5.73 Å². The molecule has 1 amide bonds.